The zero-order valence-electron chi connectivity index (χ0n) is 22.7. The number of nitrogens with two attached hydrogens (primary N) is 4. The Kier molecular flexibility index (Phi) is 18.3. The van der Waals surface area contributed by atoms with E-state index in [1.165, 1.54) is 0 Å². The van der Waals surface area contributed by atoms with Crippen LogP contribution in [0.1, 0.15) is 52.4 Å². The van der Waals surface area contributed by atoms with Crippen LogP contribution in [0.25, 0.3) is 0 Å². The Morgan fingerprint density at radius 1 is 0.872 bits per heavy atom. The number of carboxylic acids is 1. The Labute approximate surface area is 234 Å². The fraction of sp³-hybridized carbons (Fsp3) is 0.739. The first-order valence-corrected chi connectivity index (χ1v) is 13.5. The summed E-state index contributed by atoms with van der Waals surface area (Å²) < 4.78 is 0. The molecule has 16 heteroatoms. The van der Waals surface area contributed by atoms with Crippen molar-refractivity contribution >= 4 is 48.2 Å². The second-order valence-corrected chi connectivity index (χ2v) is 9.82. The molecule has 39 heavy (non-hydrogen) atoms. The molecule has 4 amide bonds. The van der Waals surface area contributed by atoms with E-state index >= 15 is 0 Å². The van der Waals surface area contributed by atoms with Gasteiger partial charge in [-0.25, -0.2) is 4.79 Å². The molecule has 0 aliphatic rings. The third-order valence-corrected chi connectivity index (χ3v) is 5.83. The molecule has 0 aromatic carbocycles. The highest BCUT2D eigenvalue weighted by Crippen LogP contribution is 2.08. The molecule has 0 aliphatic carbocycles. The molecule has 15 nitrogen and oxygen atoms in total. The van der Waals surface area contributed by atoms with E-state index < -0.39 is 60.3 Å². The van der Waals surface area contributed by atoms with Gasteiger partial charge < -0.3 is 49.3 Å². The summed E-state index contributed by atoms with van der Waals surface area (Å²) in [6.07, 6.45) is 2.35. The van der Waals surface area contributed by atoms with E-state index in [4.69, 9.17) is 22.9 Å². The second kappa shape index (κ2) is 19.9. The zero-order chi connectivity index (χ0) is 30.0. The molecule has 0 rings (SSSR count). The normalized spacial score (nSPS) is 13.9. The van der Waals surface area contributed by atoms with Crippen molar-refractivity contribution in [3.63, 3.8) is 0 Å². The Morgan fingerprint density at radius 3 is 2.03 bits per heavy atom. The lowest BCUT2D eigenvalue weighted by atomic mass is 10.0. The second-order valence-electron chi connectivity index (χ2n) is 9.45. The van der Waals surface area contributed by atoms with Gasteiger partial charge in [0.15, 0.2) is 5.96 Å². The van der Waals surface area contributed by atoms with Gasteiger partial charge in [0.1, 0.15) is 18.1 Å². The van der Waals surface area contributed by atoms with Gasteiger partial charge in [0, 0.05) is 12.3 Å². The quantitative estimate of drug-likeness (QED) is 0.0306. The molecule has 0 aromatic rings. The number of hydrogen-bond acceptors (Lipinski definition) is 9. The molecule has 0 spiro atoms. The number of thiol groups is 1. The maximum absolute atomic E-state index is 13.1. The summed E-state index contributed by atoms with van der Waals surface area (Å²) in [5, 5.41) is 19.2. The molecule has 0 radical (unpaired) electrons. The van der Waals surface area contributed by atoms with Gasteiger partial charge in [0.2, 0.25) is 23.6 Å². The molecule has 0 aromatic heterocycles. The number of carbonyl (C=O) groups excluding carboxylic acids is 4. The molecule has 0 bridgehead atoms. The highest BCUT2D eigenvalue weighted by atomic mass is 32.1. The lowest BCUT2D eigenvalue weighted by molar-refractivity contribution is -0.141. The van der Waals surface area contributed by atoms with Crippen LogP contribution in [0, 0.1) is 5.92 Å². The van der Waals surface area contributed by atoms with Crippen molar-refractivity contribution in [3.8, 4) is 0 Å². The van der Waals surface area contributed by atoms with Crippen LogP contribution in [0.15, 0.2) is 4.99 Å². The maximum atomic E-state index is 13.1. The molecule has 4 unspecified atom stereocenters. The standard InChI is InChI=1S/C23H45N9O6S/c1-13(2)10-16(21(36)32-17(12-39)22(37)38)31-20(35)15(7-3-4-8-24)30-18(33)11-29-19(34)14(25)6-5-9-28-23(26)27/h13-17,39H,3-12,24-25H2,1-2H3,(H,29,34)(H,30,33)(H,31,35)(H,32,36)(H,37,38)(H4,26,27,28). The van der Waals surface area contributed by atoms with Crippen molar-refractivity contribution in [3.05, 3.63) is 0 Å². The van der Waals surface area contributed by atoms with Crippen LogP contribution in [0.5, 0.6) is 0 Å². The van der Waals surface area contributed by atoms with Gasteiger partial charge in [0.25, 0.3) is 0 Å². The number of aliphatic carboxylic acids is 1. The van der Waals surface area contributed by atoms with Crippen molar-refractivity contribution in [2.45, 2.75) is 76.5 Å². The molecule has 0 heterocycles. The monoisotopic (exact) mass is 575 g/mol. The minimum absolute atomic E-state index is 0.00972. The lowest BCUT2D eigenvalue weighted by Gasteiger charge is -2.25. The molecule has 4 atom stereocenters. The number of unbranched alkanes of at least 4 members (excludes halogenated alkanes) is 1. The average molecular weight is 576 g/mol. The van der Waals surface area contributed by atoms with Crippen LogP contribution in [0.3, 0.4) is 0 Å². The van der Waals surface area contributed by atoms with Crippen LogP contribution in [0.4, 0.5) is 0 Å². The number of nitrogens with one attached hydrogen (secondary N) is 4. The highest BCUT2D eigenvalue weighted by molar-refractivity contribution is 7.80. The van der Waals surface area contributed by atoms with E-state index in [2.05, 4.69) is 38.9 Å². The van der Waals surface area contributed by atoms with Gasteiger partial charge >= 0.3 is 5.97 Å². The summed E-state index contributed by atoms with van der Waals surface area (Å²) in [5.41, 5.74) is 21.9. The van der Waals surface area contributed by atoms with E-state index in [1.54, 1.807) is 0 Å². The summed E-state index contributed by atoms with van der Waals surface area (Å²) in [6.45, 7) is 3.96. The van der Waals surface area contributed by atoms with Crippen molar-refractivity contribution < 1.29 is 29.1 Å². The summed E-state index contributed by atoms with van der Waals surface area (Å²) in [6, 6.07) is -4.16. The number of nitrogens with zero attached hydrogens (tertiary/aromatic N) is 1. The number of guanidine groups is 1. The van der Waals surface area contributed by atoms with Crippen LogP contribution in [-0.4, -0.2) is 90.2 Å². The number of amides is 4. The fourth-order valence-electron chi connectivity index (χ4n) is 3.39. The van der Waals surface area contributed by atoms with Gasteiger partial charge in [0.05, 0.1) is 12.6 Å². The molecular weight excluding hydrogens is 530 g/mol. The Balaban J connectivity index is 5.21. The van der Waals surface area contributed by atoms with E-state index in [-0.39, 0.29) is 30.5 Å². The fourth-order valence-corrected chi connectivity index (χ4v) is 3.64. The van der Waals surface area contributed by atoms with Gasteiger partial charge in [-0.2, -0.15) is 12.6 Å². The van der Waals surface area contributed by atoms with Crippen molar-refractivity contribution in [1.29, 1.82) is 0 Å². The van der Waals surface area contributed by atoms with Crippen LogP contribution >= 0.6 is 12.6 Å². The van der Waals surface area contributed by atoms with Gasteiger partial charge in [-0.05, 0) is 51.0 Å². The first kappa shape index (κ1) is 35.9. The first-order chi connectivity index (χ1) is 18.3. The van der Waals surface area contributed by atoms with Crippen molar-refractivity contribution in [2.24, 2.45) is 33.8 Å². The Hall–Kier alpha value is -3.11. The predicted octanol–water partition coefficient (Wildman–Crippen LogP) is -2.87. The van der Waals surface area contributed by atoms with Crippen LogP contribution in [-0.2, 0) is 24.0 Å². The third kappa shape index (κ3) is 16.5. The summed E-state index contributed by atoms with van der Waals surface area (Å²) in [4.78, 5) is 65.7. The van der Waals surface area contributed by atoms with E-state index in [0.29, 0.717) is 38.8 Å². The average Bonchev–Trinajstić information content (AvgIpc) is 2.86. The largest absolute Gasteiger partial charge is 0.480 e. The van der Waals surface area contributed by atoms with Crippen LogP contribution in [0.2, 0.25) is 0 Å². The van der Waals surface area contributed by atoms with Gasteiger partial charge in [-0.1, -0.05) is 13.8 Å². The first-order valence-electron chi connectivity index (χ1n) is 12.8. The summed E-state index contributed by atoms with van der Waals surface area (Å²) in [7, 11) is 0. The van der Waals surface area contributed by atoms with E-state index in [0.717, 1.165) is 0 Å². The smallest absolute Gasteiger partial charge is 0.327 e. The number of aliphatic imine (C=N–C) groups is 1. The molecule has 0 aliphatic heterocycles. The number of rotatable bonds is 20. The molecule has 13 N–H and O–H groups in total. The highest BCUT2D eigenvalue weighted by Gasteiger charge is 2.29. The van der Waals surface area contributed by atoms with Crippen LogP contribution < -0.4 is 44.2 Å². The van der Waals surface area contributed by atoms with E-state index in [9.17, 15) is 29.1 Å². The Morgan fingerprint density at radius 2 is 1.49 bits per heavy atom. The molecule has 0 saturated carbocycles. The Bertz CT molecular complexity index is 839. The van der Waals surface area contributed by atoms with Crippen molar-refractivity contribution in [2.75, 3.05) is 25.4 Å². The van der Waals surface area contributed by atoms with Gasteiger partial charge in [-0.15, -0.1) is 0 Å². The molecule has 0 fully saturated rings. The van der Waals surface area contributed by atoms with Gasteiger partial charge in [-0.3, -0.25) is 24.2 Å². The summed E-state index contributed by atoms with van der Waals surface area (Å²) >= 11 is 3.94. The summed E-state index contributed by atoms with van der Waals surface area (Å²) in [5.74, 6) is -3.94. The zero-order valence-corrected chi connectivity index (χ0v) is 23.5. The minimum Gasteiger partial charge on any atom is -0.480 e. The SMILES string of the molecule is CC(C)CC(NC(=O)C(CCCCN)NC(=O)CNC(=O)C(N)CCCN=C(N)N)C(=O)NC(CS)C(=O)O. The maximum Gasteiger partial charge on any atom is 0.327 e. The topological polar surface area (TPSA) is 270 Å². The molecular formula is C23H45N9O6S. The third-order valence-electron chi connectivity index (χ3n) is 5.46. The minimum atomic E-state index is -1.25. The van der Waals surface area contributed by atoms with E-state index in [1.807, 2.05) is 13.8 Å². The molecule has 0 saturated heterocycles. The lowest BCUT2D eigenvalue weighted by Crippen LogP contribution is -2.57. The number of carbonyl (C=O) groups is 5. The van der Waals surface area contributed by atoms with Crippen molar-refractivity contribution in [1.82, 2.24) is 21.3 Å². The molecule has 224 valence electrons. The number of hydrogen-bond donors (Lipinski definition) is 10. The number of carboxylic acid groups (broad SMARTS) is 1. The predicted molar refractivity (Wildman–Crippen MR) is 151 cm³/mol.